The van der Waals surface area contributed by atoms with E-state index in [1.54, 1.807) is 18.3 Å². The molecule has 8 nitrogen and oxygen atoms in total. The van der Waals surface area contributed by atoms with Gasteiger partial charge in [-0.15, -0.1) is 23.7 Å². The van der Waals surface area contributed by atoms with E-state index in [9.17, 15) is 9.59 Å². The van der Waals surface area contributed by atoms with Crippen LogP contribution in [0.4, 0.5) is 5.82 Å². The third-order valence-electron chi connectivity index (χ3n) is 5.76. The number of benzene rings is 1. The third kappa shape index (κ3) is 5.86. The lowest BCUT2D eigenvalue weighted by molar-refractivity contribution is -0.124. The molecule has 3 aromatic rings. The number of carbonyl (C=O) groups is 2. The summed E-state index contributed by atoms with van der Waals surface area (Å²) in [6, 6.07) is 8.06. The fraction of sp³-hybridized carbons (Fsp3) is 0.385. The summed E-state index contributed by atoms with van der Waals surface area (Å²) < 4.78 is 5.83. The van der Waals surface area contributed by atoms with Gasteiger partial charge in [0.05, 0.1) is 5.39 Å². The minimum atomic E-state index is -0.442. The van der Waals surface area contributed by atoms with Crippen LogP contribution in [0.2, 0.25) is 0 Å². The fourth-order valence-corrected chi connectivity index (χ4v) is 5.07. The van der Waals surface area contributed by atoms with Crippen LogP contribution < -0.4 is 15.4 Å². The first-order valence-electron chi connectivity index (χ1n) is 11.7. The summed E-state index contributed by atoms with van der Waals surface area (Å²) in [6.07, 6.45) is 0.707. The molecule has 3 heterocycles. The standard InChI is InChI=1S/C26H31N5O3S.ClH/c1-14(2)13-19-27-23(29-21-16(4)24(32)30-25(21)33)20-15(3)22(35-26(20)28-19)17-7-9-18(10-8-17)34-12-11-31(5)6;/h7-10,14H,11-13H2,1-6H3,(H2,27,28,29,30,32,33);1H. The zero-order valence-electron chi connectivity index (χ0n) is 21.4. The van der Waals surface area contributed by atoms with Gasteiger partial charge in [-0.2, -0.15) is 0 Å². The predicted molar refractivity (Wildman–Crippen MR) is 147 cm³/mol. The van der Waals surface area contributed by atoms with Crippen LogP contribution in [0.1, 0.15) is 32.2 Å². The Labute approximate surface area is 221 Å². The Bertz CT molecular complexity index is 1320. The van der Waals surface area contributed by atoms with Gasteiger partial charge >= 0.3 is 0 Å². The van der Waals surface area contributed by atoms with Crippen molar-refractivity contribution in [1.82, 2.24) is 20.2 Å². The van der Waals surface area contributed by atoms with Gasteiger partial charge in [-0.1, -0.05) is 13.8 Å². The van der Waals surface area contributed by atoms with Gasteiger partial charge in [-0.05, 0) is 69.3 Å². The van der Waals surface area contributed by atoms with Crippen molar-refractivity contribution >= 4 is 51.6 Å². The van der Waals surface area contributed by atoms with E-state index in [0.717, 1.165) is 38.5 Å². The summed E-state index contributed by atoms with van der Waals surface area (Å²) in [6.45, 7) is 9.37. The second-order valence-corrected chi connectivity index (χ2v) is 10.4. The van der Waals surface area contributed by atoms with Crippen molar-refractivity contribution in [2.24, 2.45) is 5.92 Å². The Morgan fingerprint density at radius 3 is 2.36 bits per heavy atom. The molecule has 0 saturated heterocycles. The van der Waals surface area contributed by atoms with Crippen molar-refractivity contribution in [2.75, 3.05) is 32.6 Å². The maximum atomic E-state index is 12.3. The van der Waals surface area contributed by atoms with Crippen LogP contribution in [-0.2, 0) is 16.0 Å². The molecule has 0 radical (unpaired) electrons. The van der Waals surface area contributed by atoms with Crippen LogP contribution in [-0.4, -0.2) is 53.9 Å². The summed E-state index contributed by atoms with van der Waals surface area (Å²) >= 11 is 1.60. The molecule has 0 saturated carbocycles. The molecule has 2 amide bonds. The van der Waals surface area contributed by atoms with Gasteiger partial charge in [0.25, 0.3) is 11.8 Å². The van der Waals surface area contributed by atoms with E-state index >= 15 is 0 Å². The van der Waals surface area contributed by atoms with Gasteiger partial charge in [0.15, 0.2) is 0 Å². The Morgan fingerprint density at radius 1 is 1.08 bits per heavy atom. The number of carbonyl (C=O) groups excluding carboxylic acids is 2. The number of thiophene rings is 1. The first-order chi connectivity index (χ1) is 16.6. The van der Waals surface area contributed by atoms with Gasteiger partial charge in [-0.3, -0.25) is 14.9 Å². The third-order valence-corrected chi connectivity index (χ3v) is 7.00. The fourth-order valence-electron chi connectivity index (χ4n) is 3.87. The molecule has 2 N–H and O–H groups in total. The van der Waals surface area contributed by atoms with E-state index in [4.69, 9.17) is 14.7 Å². The zero-order valence-corrected chi connectivity index (χ0v) is 23.0. The Kier molecular flexibility index (Phi) is 8.71. The van der Waals surface area contributed by atoms with E-state index in [1.807, 2.05) is 45.3 Å². The molecule has 0 unspecified atom stereocenters. The number of halogens is 1. The highest BCUT2D eigenvalue weighted by Crippen LogP contribution is 2.41. The van der Waals surface area contributed by atoms with Crippen LogP contribution in [0.15, 0.2) is 35.5 Å². The van der Waals surface area contributed by atoms with Crippen LogP contribution in [0.5, 0.6) is 5.75 Å². The molecule has 1 aliphatic rings. The van der Waals surface area contributed by atoms with Crippen molar-refractivity contribution in [3.8, 4) is 16.2 Å². The van der Waals surface area contributed by atoms with E-state index in [-0.39, 0.29) is 24.0 Å². The number of aryl methyl sites for hydroxylation is 1. The van der Waals surface area contributed by atoms with Crippen molar-refractivity contribution in [1.29, 1.82) is 0 Å². The lowest BCUT2D eigenvalue weighted by Crippen LogP contribution is -2.24. The van der Waals surface area contributed by atoms with Crippen LogP contribution in [0, 0.1) is 12.8 Å². The van der Waals surface area contributed by atoms with Crippen molar-refractivity contribution in [2.45, 2.75) is 34.1 Å². The second-order valence-electron chi connectivity index (χ2n) is 9.41. The highest BCUT2D eigenvalue weighted by Gasteiger charge is 2.29. The van der Waals surface area contributed by atoms with Crippen LogP contribution in [0.3, 0.4) is 0 Å². The molecule has 36 heavy (non-hydrogen) atoms. The zero-order chi connectivity index (χ0) is 25.3. The highest BCUT2D eigenvalue weighted by atomic mass is 35.5. The molecule has 0 spiro atoms. The van der Waals surface area contributed by atoms with E-state index in [1.165, 1.54) is 0 Å². The number of ether oxygens (including phenoxy) is 1. The van der Waals surface area contributed by atoms with E-state index < -0.39 is 5.91 Å². The van der Waals surface area contributed by atoms with Gasteiger partial charge in [0.1, 0.15) is 34.5 Å². The predicted octanol–water partition coefficient (Wildman–Crippen LogP) is 4.57. The van der Waals surface area contributed by atoms with Gasteiger partial charge in [-0.25, -0.2) is 9.97 Å². The summed E-state index contributed by atoms with van der Waals surface area (Å²) in [5.74, 6) is 1.63. The number of anilines is 1. The Balaban J connectivity index is 0.00000361. The molecule has 10 heteroatoms. The molecule has 192 valence electrons. The van der Waals surface area contributed by atoms with E-state index in [0.29, 0.717) is 36.2 Å². The molecular formula is C26H32ClN5O3S. The summed E-state index contributed by atoms with van der Waals surface area (Å²) in [5, 5.41) is 6.34. The summed E-state index contributed by atoms with van der Waals surface area (Å²) in [5.41, 5.74) is 2.67. The number of rotatable bonds is 9. The number of likely N-dealkylation sites (N-methyl/N-ethyl adjacent to an activating group) is 1. The van der Waals surface area contributed by atoms with Gasteiger partial charge < -0.3 is 15.0 Å². The number of nitrogens with zero attached hydrogens (tertiary/aromatic N) is 3. The van der Waals surface area contributed by atoms with Crippen LogP contribution >= 0.6 is 23.7 Å². The van der Waals surface area contributed by atoms with Crippen molar-refractivity contribution in [3.05, 3.63) is 46.9 Å². The smallest absolute Gasteiger partial charge is 0.275 e. The maximum Gasteiger partial charge on any atom is 0.275 e. The molecular weight excluding hydrogens is 498 g/mol. The molecule has 1 aromatic carbocycles. The average molecular weight is 530 g/mol. The number of nitrogens with one attached hydrogen (secondary N) is 2. The second kappa shape index (κ2) is 11.4. The normalized spacial score (nSPS) is 13.6. The first kappa shape index (κ1) is 27.6. The molecule has 0 fully saturated rings. The highest BCUT2D eigenvalue weighted by molar-refractivity contribution is 7.22. The Morgan fingerprint density at radius 2 is 1.78 bits per heavy atom. The van der Waals surface area contributed by atoms with Crippen LogP contribution in [0.25, 0.3) is 20.7 Å². The topological polar surface area (TPSA) is 96.5 Å². The van der Waals surface area contributed by atoms with Crippen molar-refractivity contribution < 1.29 is 14.3 Å². The number of hydrogen-bond donors (Lipinski definition) is 2. The maximum absolute atomic E-state index is 12.3. The minimum Gasteiger partial charge on any atom is -0.492 e. The van der Waals surface area contributed by atoms with Gasteiger partial charge in [0, 0.05) is 23.4 Å². The van der Waals surface area contributed by atoms with E-state index in [2.05, 4.69) is 29.4 Å². The molecule has 2 aromatic heterocycles. The minimum absolute atomic E-state index is 0. The average Bonchev–Trinajstić information content (AvgIpc) is 3.24. The molecule has 0 atom stereocenters. The molecule has 0 aliphatic carbocycles. The SMILES string of the molecule is CC1=C(Nc2nc(CC(C)C)nc3sc(-c4ccc(OCCN(C)C)cc4)c(C)c23)C(=O)NC1=O.Cl. The summed E-state index contributed by atoms with van der Waals surface area (Å²) in [4.78, 5) is 37.9. The van der Waals surface area contributed by atoms with Crippen molar-refractivity contribution in [3.63, 3.8) is 0 Å². The molecule has 0 bridgehead atoms. The summed E-state index contributed by atoms with van der Waals surface area (Å²) in [7, 11) is 4.04. The number of aromatic nitrogens is 2. The molecule has 4 rings (SSSR count). The lowest BCUT2D eigenvalue weighted by Gasteiger charge is -2.11. The number of hydrogen-bond acceptors (Lipinski definition) is 8. The number of amides is 2. The van der Waals surface area contributed by atoms with Gasteiger partial charge in [0.2, 0.25) is 0 Å². The first-order valence-corrected chi connectivity index (χ1v) is 12.5. The number of fused-ring (bicyclic) bond motifs is 1. The largest absolute Gasteiger partial charge is 0.492 e. The molecule has 1 aliphatic heterocycles. The monoisotopic (exact) mass is 529 g/mol. The number of imide groups is 1. The quantitative estimate of drug-likeness (QED) is 0.392. The lowest BCUT2D eigenvalue weighted by atomic mass is 10.1. The Hall–Kier alpha value is -3.01.